The van der Waals surface area contributed by atoms with Crippen molar-refractivity contribution in [3.8, 4) is 0 Å². The fraction of sp³-hybridized carbons (Fsp3) is 0.846. The maximum atomic E-state index is 11.6. The van der Waals surface area contributed by atoms with Crippen molar-refractivity contribution in [1.29, 1.82) is 0 Å². The van der Waals surface area contributed by atoms with Crippen LogP contribution in [0.2, 0.25) is 0 Å². The van der Waals surface area contributed by atoms with E-state index in [-0.39, 0.29) is 6.03 Å². The van der Waals surface area contributed by atoms with Gasteiger partial charge in [0.2, 0.25) is 0 Å². The van der Waals surface area contributed by atoms with Crippen LogP contribution in [0.5, 0.6) is 0 Å². The standard InChI is InChI=1S/C13H24N2O3/c1-4-5-6-10(11(16)17)15-12(18)14-8-9-7-13(9,2)3/h9-10H,4-8H2,1-3H3,(H,16,17)(H2,14,15,18). The number of rotatable bonds is 7. The highest BCUT2D eigenvalue weighted by atomic mass is 16.4. The van der Waals surface area contributed by atoms with Gasteiger partial charge in [0.1, 0.15) is 6.04 Å². The average Bonchev–Trinajstić information content (AvgIpc) is 2.89. The molecule has 0 saturated heterocycles. The van der Waals surface area contributed by atoms with Crippen molar-refractivity contribution < 1.29 is 14.7 Å². The number of hydrogen-bond donors (Lipinski definition) is 3. The molecule has 104 valence electrons. The van der Waals surface area contributed by atoms with Gasteiger partial charge in [0.15, 0.2) is 0 Å². The van der Waals surface area contributed by atoms with Gasteiger partial charge in [-0.15, -0.1) is 0 Å². The second kappa shape index (κ2) is 6.07. The Morgan fingerprint density at radius 3 is 2.50 bits per heavy atom. The zero-order valence-corrected chi connectivity index (χ0v) is 11.5. The number of carboxylic acids is 1. The van der Waals surface area contributed by atoms with E-state index >= 15 is 0 Å². The van der Waals surface area contributed by atoms with E-state index in [4.69, 9.17) is 5.11 Å². The van der Waals surface area contributed by atoms with Crippen LogP contribution in [0.4, 0.5) is 4.79 Å². The first-order chi connectivity index (χ1) is 8.36. The van der Waals surface area contributed by atoms with Crippen LogP contribution in [0.3, 0.4) is 0 Å². The van der Waals surface area contributed by atoms with Gasteiger partial charge >= 0.3 is 12.0 Å². The van der Waals surface area contributed by atoms with Gasteiger partial charge in [-0.25, -0.2) is 9.59 Å². The minimum atomic E-state index is -0.967. The zero-order chi connectivity index (χ0) is 13.8. The molecular formula is C13H24N2O3. The van der Waals surface area contributed by atoms with Gasteiger partial charge < -0.3 is 15.7 Å². The fourth-order valence-electron chi connectivity index (χ4n) is 2.02. The number of urea groups is 1. The molecule has 0 bridgehead atoms. The normalized spacial score (nSPS) is 22.1. The molecule has 2 unspecified atom stereocenters. The summed E-state index contributed by atoms with van der Waals surface area (Å²) in [5, 5.41) is 14.2. The van der Waals surface area contributed by atoms with Crippen molar-refractivity contribution in [2.75, 3.05) is 6.54 Å². The Balaban J connectivity index is 2.26. The van der Waals surface area contributed by atoms with E-state index in [0.717, 1.165) is 19.3 Å². The Hall–Kier alpha value is -1.26. The third kappa shape index (κ3) is 4.55. The highest BCUT2D eigenvalue weighted by Crippen LogP contribution is 2.50. The third-order valence-corrected chi connectivity index (χ3v) is 3.68. The van der Waals surface area contributed by atoms with Crippen LogP contribution >= 0.6 is 0 Å². The van der Waals surface area contributed by atoms with Crippen molar-refractivity contribution in [3.05, 3.63) is 0 Å². The lowest BCUT2D eigenvalue weighted by molar-refractivity contribution is -0.139. The van der Waals surface area contributed by atoms with Gasteiger partial charge in [-0.05, 0) is 24.2 Å². The SMILES string of the molecule is CCCCC(NC(=O)NCC1CC1(C)C)C(=O)O. The molecule has 0 spiro atoms. The summed E-state index contributed by atoms with van der Waals surface area (Å²) in [6, 6.07) is -1.15. The molecule has 2 amide bonds. The Morgan fingerprint density at radius 2 is 2.06 bits per heavy atom. The smallest absolute Gasteiger partial charge is 0.326 e. The van der Waals surface area contributed by atoms with Crippen LogP contribution in [-0.2, 0) is 4.79 Å². The molecule has 1 rings (SSSR count). The highest BCUT2D eigenvalue weighted by molar-refractivity contribution is 5.82. The summed E-state index contributed by atoms with van der Waals surface area (Å²) in [6.45, 7) is 6.95. The van der Waals surface area contributed by atoms with Crippen LogP contribution in [0.15, 0.2) is 0 Å². The minimum Gasteiger partial charge on any atom is -0.480 e. The summed E-state index contributed by atoms with van der Waals surface area (Å²) in [7, 11) is 0. The van der Waals surface area contributed by atoms with Gasteiger partial charge in [0, 0.05) is 6.54 Å². The molecule has 1 fully saturated rings. The van der Waals surface area contributed by atoms with Crippen molar-refractivity contribution in [3.63, 3.8) is 0 Å². The van der Waals surface area contributed by atoms with Gasteiger partial charge in [-0.3, -0.25) is 0 Å². The Kier molecular flexibility index (Phi) is 4.99. The lowest BCUT2D eigenvalue weighted by Gasteiger charge is -2.15. The first-order valence-electron chi connectivity index (χ1n) is 6.64. The Morgan fingerprint density at radius 1 is 1.44 bits per heavy atom. The molecule has 5 heteroatoms. The molecule has 2 atom stereocenters. The lowest BCUT2D eigenvalue weighted by Crippen LogP contribution is -2.46. The van der Waals surface area contributed by atoms with Gasteiger partial charge in [0.25, 0.3) is 0 Å². The zero-order valence-electron chi connectivity index (χ0n) is 11.5. The van der Waals surface area contributed by atoms with E-state index in [1.807, 2.05) is 6.92 Å². The second-order valence-corrected chi connectivity index (χ2v) is 5.78. The van der Waals surface area contributed by atoms with E-state index in [1.165, 1.54) is 0 Å². The molecule has 0 aromatic rings. The summed E-state index contributed by atoms with van der Waals surface area (Å²) in [5.41, 5.74) is 0.321. The highest BCUT2D eigenvalue weighted by Gasteiger charge is 2.45. The summed E-state index contributed by atoms with van der Waals surface area (Å²) < 4.78 is 0. The number of carbonyl (C=O) groups excluding carboxylic acids is 1. The summed E-state index contributed by atoms with van der Waals surface area (Å²) >= 11 is 0. The monoisotopic (exact) mass is 256 g/mol. The number of nitrogens with one attached hydrogen (secondary N) is 2. The molecule has 1 aliphatic rings. The predicted octanol–water partition coefficient (Wildman–Crippen LogP) is 1.98. The van der Waals surface area contributed by atoms with Crippen LogP contribution < -0.4 is 10.6 Å². The van der Waals surface area contributed by atoms with Crippen molar-refractivity contribution in [2.45, 2.75) is 52.5 Å². The van der Waals surface area contributed by atoms with Crippen LogP contribution in [0.1, 0.15) is 46.5 Å². The molecule has 0 aromatic carbocycles. The van der Waals surface area contributed by atoms with E-state index in [1.54, 1.807) is 0 Å². The van der Waals surface area contributed by atoms with Gasteiger partial charge in [0.05, 0.1) is 0 Å². The lowest BCUT2D eigenvalue weighted by atomic mass is 10.1. The van der Waals surface area contributed by atoms with E-state index in [9.17, 15) is 9.59 Å². The van der Waals surface area contributed by atoms with Crippen molar-refractivity contribution in [2.24, 2.45) is 11.3 Å². The van der Waals surface area contributed by atoms with Crippen LogP contribution in [0.25, 0.3) is 0 Å². The first-order valence-corrected chi connectivity index (χ1v) is 6.64. The van der Waals surface area contributed by atoms with E-state index in [0.29, 0.717) is 24.3 Å². The minimum absolute atomic E-state index is 0.321. The van der Waals surface area contributed by atoms with Crippen LogP contribution in [-0.4, -0.2) is 29.7 Å². The number of unbranched alkanes of at least 4 members (excludes halogenated alkanes) is 1. The van der Waals surface area contributed by atoms with Crippen molar-refractivity contribution in [1.82, 2.24) is 10.6 Å². The predicted molar refractivity (Wildman–Crippen MR) is 69.4 cm³/mol. The molecule has 0 aromatic heterocycles. The second-order valence-electron chi connectivity index (χ2n) is 5.78. The maximum absolute atomic E-state index is 11.6. The number of amides is 2. The molecule has 5 nitrogen and oxygen atoms in total. The van der Waals surface area contributed by atoms with Gasteiger partial charge in [-0.2, -0.15) is 0 Å². The largest absolute Gasteiger partial charge is 0.480 e. The summed E-state index contributed by atoms with van der Waals surface area (Å²) in [5.74, 6) is -0.451. The van der Waals surface area contributed by atoms with Gasteiger partial charge in [-0.1, -0.05) is 33.6 Å². The molecule has 18 heavy (non-hydrogen) atoms. The molecule has 3 N–H and O–H groups in total. The molecule has 1 aliphatic carbocycles. The topological polar surface area (TPSA) is 78.4 Å². The molecule has 0 heterocycles. The number of carboxylic acid groups (broad SMARTS) is 1. The quantitative estimate of drug-likeness (QED) is 0.651. The average molecular weight is 256 g/mol. The summed E-state index contributed by atoms with van der Waals surface area (Å²) in [4.78, 5) is 22.5. The number of hydrogen-bond acceptors (Lipinski definition) is 2. The fourth-order valence-corrected chi connectivity index (χ4v) is 2.02. The van der Waals surface area contributed by atoms with Crippen LogP contribution in [0, 0.1) is 11.3 Å². The number of aliphatic carboxylic acids is 1. The van der Waals surface area contributed by atoms with E-state index in [2.05, 4.69) is 24.5 Å². The van der Waals surface area contributed by atoms with Crippen molar-refractivity contribution >= 4 is 12.0 Å². The molecule has 1 saturated carbocycles. The van der Waals surface area contributed by atoms with E-state index < -0.39 is 12.0 Å². The number of carbonyl (C=O) groups is 2. The molecule has 0 aliphatic heterocycles. The maximum Gasteiger partial charge on any atom is 0.326 e. The first kappa shape index (κ1) is 14.8. The summed E-state index contributed by atoms with van der Waals surface area (Å²) in [6.07, 6.45) is 3.32. The molecule has 0 radical (unpaired) electrons. The third-order valence-electron chi connectivity index (χ3n) is 3.68. The Labute approximate surface area is 108 Å². The Bertz CT molecular complexity index is 315. The molecular weight excluding hydrogens is 232 g/mol.